The molecule has 0 saturated carbocycles. The van der Waals surface area contributed by atoms with Crippen LogP contribution in [0.1, 0.15) is 42.9 Å². The van der Waals surface area contributed by atoms with Crippen LogP contribution in [0, 0.1) is 0 Å². The number of carbonyl (C=O) groups excluding carboxylic acids is 2. The van der Waals surface area contributed by atoms with Gasteiger partial charge in [-0.3, -0.25) is 9.59 Å². The molecule has 34 heavy (non-hydrogen) atoms. The van der Waals surface area contributed by atoms with Crippen LogP contribution < -0.4 is 4.74 Å². The predicted octanol–water partition coefficient (Wildman–Crippen LogP) is 5.60. The number of furan rings is 1. The largest absolute Gasteiger partial charge is 0.503 e. The molecule has 1 amide bonds. The predicted molar refractivity (Wildman–Crippen MR) is 131 cm³/mol. The Hall–Kier alpha value is -3.10. The van der Waals surface area contributed by atoms with Crippen molar-refractivity contribution in [2.24, 2.45) is 0 Å². The zero-order valence-electron chi connectivity index (χ0n) is 19.2. The number of amides is 1. The van der Waals surface area contributed by atoms with E-state index in [1.165, 1.54) is 4.90 Å². The van der Waals surface area contributed by atoms with Gasteiger partial charge in [-0.15, -0.1) is 0 Å². The van der Waals surface area contributed by atoms with Crippen molar-refractivity contribution in [1.82, 2.24) is 4.90 Å². The van der Waals surface area contributed by atoms with E-state index in [2.05, 4.69) is 15.9 Å². The van der Waals surface area contributed by atoms with Crippen molar-refractivity contribution in [3.63, 3.8) is 0 Å². The van der Waals surface area contributed by atoms with Gasteiger partial charge in [0.1, 0.15) is 11.3 Å². The van der Waals surface area contributed by atoms with Crippen LogP contribution in [-0.2, 0) is 9.53 Å². The van der Waals surface area contributed by atoms with E-state index >= 15 is 0 Å². The maximum absolute atomic E-state index is 13.6. The lowest BCUT2D eigenvalue weighted by Gasteiger charge is -2.27. The molecule has 3 aromatic rings. The summed E-state index contributed by atoms with van der Waals surface area (Å²) in [6.07, 6.45) is -0.0185. The highest BCUT2D eigenvalue weighted by molar-refractivity contribution is 9.10. The number of ketones is 1. The number of hydrogen-bond acceptors (Lipinski definition) is 6. The lowest BCUT2D eigenvalue weighted by atomic mass is 9.95. The van der Waals surface area contributed by atoms with Crippen molar-refractivity contribution in [2.75, 3.05) is 19.8 Å². The third-order valence-electron chi connectivity index (χ3n) is 5.52. The minimum Gasteiger partial charge on any atom is -0.503 e. The Balaban J connectivity index is 1.76. The molecule has 1 unspecified atom stereocenters. The number of carbonyl (C=O) groups is 2. The number of rotatable bonds is 9. The second-order valence-electron chi connectivity index (χ2n) is 8.21. The molecule has 2 aromatic carbocycles. The molecule has 7 nitrogen and oxygen atoms in total. The maximum Gasteiger partial charge on any atom is 0.290 e. The van der Waals surface area contributed by atoms with Crippen molar-refractivity contribution in [2.45, 2.75) is 32.9 Å². The number of benzene rings is 2. The summed E-state index contributed by atoms with van der Waals surface area (Å²) in [5.41, 5.74) is 1.16. The van der Waals surface area contributed by atoms with Gasteiger partial charge in [0.15, 0.2) is 11.5 Å². The van der Waals surface area contributed by atoms with Gasteiger partial charge in [0, 0.05) is 16.4 Å². The highest BCUT2D eigenvalue weighted by Crippen LogP contribution is 2.40. The number of hydrogen-bond donors (Lipinski definition) is 1. The van der Waals surface area contributed by atoms with Crippen LogP contribution in [0.3, 0.4) is 0 Å². The lowest BCUT2D eigenvalue weighted by molar-refractivity contribution is -0.130. The molecule has 0 spiro atoms. The minimum absolute atomic E-state index is 0.0185. The first-order valence-electron chi connectivity index (χ1n) is 11.1. The van der Waals surface area contributed by atoms with Gasteiger partial charge in [0.05, 0.1) is 30.9 Å². The fourth-order valence-corrected chi connectivity index (χ4v) is 4.43. The van der Waals surface area contributed by atoms with Crippen molar-refractivity contribution < 1.29 is 28.6 Å². The summed E-state index contributed by atoms with van der Waals surface area (Å²) in [4.78, 5) is 28.1. The van der Waals surface area contributed by atoms with E-state index in [-0.39, 0.29) is 30.6 Å². The zero-order chi connectivity index (χ0) is 24.4. The molecule has 0 bridgehead atoms. The lowest BCUT2D eigenvalue weighted by Crippen LogP contribution is -2.34. The quantitative estimate of drug-likeness (QED) is 0.364. The highest BCUT2D eigenvalue weighted by Gasteiger charge is 2.44. The summed E-state index contributed by atoms with van der Waals surface area (Å²) >= 11 is 3.41. The van der Waals surface area contributed by atoms with E-state index in [1.54, 1.807) is 36.4 Å². The molecule has 4 rings (SSSR count). The fourth-order valence-electron chi connectivity index (χ4n) is 4.05. The third-order valence-corrected chi connectivity index (χ3v) is 6.01. The first kappa shape index (κ1) is 24.0. The van der Waals surface area contributed by atoms with Crippen LogP contribution >= 0.6 is 15.9 Å². The summed E-state index contributed by atoms with van der Waals surface area (Å²) in [6.45, 7) is 6.62. The van der Waals surface area contributed by atoms with Gasteiger partial charge in [-0.1, -0.05) is 28.1 Å². The second kappa shape index (κ2) is 10.0. The van der Waals surface area contributed by atoms with E-state index in [9.17, 15) is 14.7 Å². The van der Waals surface area contributed by atoms with Gasteiger partial charge < -0.3 is 23.9 Å². The minimum atomic E-state index is -0.809. The number of ether oxygens (including phenoxy) is 2. The molecule has 1 aliphatic rings. The van der Waals surface area contributed by atoms with Crippen LogP contribution in [-0.4, -0.2) is 47.6 Å². The van der Waals surface area contributed by atoms with Crippen LogP contribution in [0.5, 0.6) is 5.75 Å². The molecule has 1 atom stereocenters. The molecule has 0 radical (unpaired) electrons. The van der Waals surface area contributed by atoms with Crippen LogP contribution in [0.2, 0.25) is 0 Å². The fraction of sp³-hybridized carbons (Fsp3) is 0.308. The van der Waals surface area contributed by atoms with E-state index in [1.807, 2.05) is 32.9 Å². The van der Waals surface area contributed by atoms with Gasteiger partial charge >= 0.3 is 0 Å². The molecule has 1 aromatic heterocycles. The molecule has 2 heterocycles. The van der Waals surface area contributed by atoms with Gasteiger partial charge in [-0.2, -0.15) is 0 Å². The van der Waals surface area contributed by atoms with Crippen molar-refractivity contribution in [3.05, 3.63) is 75.7 Å². The Kier molecular flexibility index (Phi) is 7.09. The van der Waals surface area contributed by atoms with Gasteiger partial charge in [-0.05, 0) is 62.7 Å². The number of fused-ring (bicyclic) bond motifs is 1. The summed E-state index contributed by atoms with van der Waals surface area (Å²) < 4.78 is 17.9. The average Bonchev–Trinajstić information content (AvgIpc) is 3.33. The number of nitrogens with zero attached hydrogens (tertiary/aromatic N) is 1. The van der Waals surface area contributed by atoms with Crippen LogP contribution in [0.4, 0.5) is 0 Å². The molecule has 8 heteroatoms. The zero-order valence-corrected chi connectivity index (χ0v) is 20.8. The topological polar surface area (TPSA) is 89.2 Å². The number of halogens is 1. The van der Waals surface area contributed by atoms with E-state index in [0.717, 1.165) is 9.86 Å². The molecule has 178 valence electrons. The number of aliphatic hydroxyl groups is 1. The molecule has 1 N–H and O–H groups in total. The van der Waals surface area contributed by atoms with Crippen LogP contribution in [0.15, 0.2) is 68.8 Å². The number of Topliss-reactive ketones (excluding diaryl/α,β-unsaturated/α-hetero) is 1. The molecule has 1 aliphatic heterocycles. The molecule has 0 fully saturated rings. The Morgan fingerprint density at radius 3 is 2.74 bits per heavy atom. The maximum atomic E-state index is 13.6. The van der Waals surface area contributed by atoms with E-state index < -0.39 is 23.5 Å². The smallest absolute Gasteiger partial charge is 0.290 e. The molecular weight excluding hydrogens is 502 g/mol. The van der Waals surface area contributed by atoms with Crippen molar-refractivity contribution >= 4 is 38.6 Å². The Morgan fingerprint density at radius 1 is 1.21 bits per heavy atom. The highest BCUT2D eigenvalue weighted by atomic mass is 79.9. The van der Waals surface area contributed by atoms with Gasteiger partial charge in [-0.25, -0.2) is 0 Å². The first-order valence-corrected chi connectivity index (χ1v) is 11.9. The summed E-state index contributed by atoms with van der Waals surface area (Å²) in [5, 5.41) is 11.6. The first-order chi connectivity index (χ1) is 16.3. The average molecular weight is 528 g/mol. The van der Waals surface area contributed by atoms with Gasteiger partial charge in [0.2, 0.25) is 5.78 Å². The summed E-state index contributed by atoms with van der Waals surface area (Å²) in [6, 6.07) is 13.4. The van der Waals surface area contributed by atoms with E-state index in [0.29, 0.717) is 23.5 Å². The normalized spacial score (nSPS) is 16.2. The standard InChI is InChI=1S/C26H26BrNO6/c1-4-32-19-7-5-6-16(13-19)23-22(25(30)26(31)28(23)10-11-33-15(2)3)24(29)21-14-17-12-18(27)8-9-20(17)34-21/h5-9,12-15,23,30H,4,10-11H2,1-3H3. The Morgan fingerprint density at radius 2 is 2.00 bits per heavy atom. The van der Waals surface area contributed by atoms with Crippen molar-refractivity contribution in [3.8, 4) is 5.75 Å². The molecule has 0 aliphatic carbocycles. The van der Waals surface area contributed by atoms with E-state index in [4.69, 9.17) is 13.9 Å². The Bertz CT molecular complexity index is 1260. The SMILES string of the molecule is CCOc1cccc(C2C(C(=O)c3cc4cc(Br)ccc4o3)=C(O)C(=O)N2CCOC(C)C)c1. The van der Waals surface area contributed by atoms with Crippen LogP contribution in [0.25, 0.3) is 11.0 Å². The summed E-state index contributed by atoms with van der Waals surface area (Å²) in [7, 11) is 0. The Labute approximate surface area is 206 Å². The molecular formula is C26H26BrNO6. The van der Waals surface area contributed by atoms with Crippen molar-refractivity contribution in [1.29, 1.82) is 0 Å². The molecule has 0 saturated heterocycles. The van der Waals surface area contributed by atoms with Gasteiger partial charge in [0.25, 0.3) is 5.91 Å². The third kappa shape index (κ3) is 4.74. The summed E-state index contributed by atoms with van der Waals surface area (Å²) in [5.74, 6) is -1.09. The monoisotopic (exact) mass is 527 g/mol. The second-order valence-corrected chi connectivity index (χ2v) is 9.13. The number of aliphatic hydroxyl groups excluding tert-OH is 1.